The number of aromatic amines is 1. The molecule has 0 aliphatic carbocycles. The predicted octanol–water partition coefficient (Wildman–Crippen LogP) is 1.39. The Kier molecular flexibility index (Phi) is 5.18. The molecule has 1 saturated heterocycles. The fraction of sp³-hybridized carbons (Fsp3) is 0.300. The molecule has 3 aromatic rings. The van der Waals surface area contributed by atoms with Crippen LogP contribution in [0.15, 0.2) is 48.9 Å². The minimum absolute atomic E-state index is 0.135. The van der Waals surface area contributed by atoms with Gasteiger partial charge in [-0.25, -0.2) is 9.97 Å². The molecule has 1 N–H and O–H groups in total. The summed E-state index contributed by atoms with van der Waals surface area (Å²) in [6.07, 6.45) is 5.34. The first-order valence-electron chi connectivity index (χ1n) is 9.21. The summed E-state index contributed by atoms with van der Waals surface area (Å²) in [7, 11) is 0. The van der Waals surface area contributed by atoms with Gasteiger partial charge < -0.3 is 19.5 Å². The molecule has 1 fully saturated rings. The maximum Gasteiger partial charge on any atom is 0.310 e. The number of benzene rings is 1. The quantitative estimate of drug-likeness (QED) is 0.674. The van der Waals surface area contributed by atoms with Gasteiger partial charge in [0.1, 0.15) is 0 Å². The lowest BCUT2D eigenvalue weighted by atomic mass is 10.1. The van der Waals surface area contributed by atoms with E-state index < -0.39 is 5.97 Å². The largest absolute Gasteiger partial charge is 0.455 e. The van der Waals surface area contributed by atoms with Crippen LogP contribution in [0, 0.1) is 0 Å². The van der Waals surface area contributed by atoms with Crippen molar-refractivity contribution in [3.63, 3.8) is 0 Å². The van der Waals surface area contributed by atoms with E-state index in [-0.39, 0.29) is 18.9 Å². The zero-order valence-electron chi connectivity index (χ0n) is 15.4. The van der Waals surface area contributed by atoms with Gasteiger partial charge in [-0.15, -0.1) is 0 Å². The summed E-state index contributed by atoms with van der Waals surface area (Å²) >= 11 is 0. The molecule has 144 valence electrons. The number of ether oxygens (including phenoxy) is 1. The topological polar surface area (TPSA) is 91.4 Å². The molecule has 8 heteroatoms. The number of nitrogens with one attached hydrogen (secondary N) is 1. The van der Waals surface area contributed by atoms with Crippen LogP contribution in [0.5, 0.6) is 0 Å². The first kappa shape index (κ1) is 18.0. The Labute approximate surface area is 162 Å². The van der Waals surface area contributed by atoms with E-state index in [0.717, 1.165) is 16.5 Å². The number of H-pyrrole nitrogens is 1. The van der Waals surface area contributed by atoms with E-state index in [1.165, 1.54) is 0 Å². The van der Waals surface area contributed by atoms with Crippen LogP contribution >= 0.6 is 0 Å². The van der Waals surface area contributed by atoms with Gasteiger partial charge in [-0.3, -0.25) is 9.59 Å². The number of fused-ring (bicyclic) bond motifs is 1. The summed E-state index contributed by atoms with van der Waals surface area (Å²) in [5.41, 5.74) is 1.84. The Hall–Kier alpha value is -3.42. The zero-order valence-corrected chi connectivity index (χ0v) is 15.4. The Balaban J connectivity index is 1.25. The monoisotopic (exact) mass is 379 g/mol. The van der Waals surface area contributed by atoms with Crippen molar-refractivity contribution in [2.45, 2.75) is 6.42 Å². The van der Waals surface area contributed by atoms with E-state index >= 15 is 0 Å². The summed E-state index contributed by atoms with van der Waals surface area (Å²) in [6.45, 7) is 2.18. The number of para-hydroxylation sites is 1. The average molecular weight is 379 g/mol. The van der Waals surface area contributed by atoms with Gasteiger partial charge in [0.15, 0.2) is 6.61 Å². The molecule has 0 atom stereocenters. The molecule has 3 heterocycles. The molecule has 0 bridgehead atoms. The molecular weight excluding hydrogens is 358 g/mol. The lowest BCUT2D eigenvalue weighted by Crippen LogP contribution is -2.50. The number of esters is 1. The Morgan fingerprint density at radius 2 is 1.79 bits per heavy atom. The normalized spacial score (nSPS) is 14.3. The van der Waals surface area contributed by atoms with E-state index in [9.17, 15) is 9.59 Å². The Morgan fingerprint density at radius 1 is 1.04 bits per heavy atom. The molecule has 1 aliphatic rings. The SMILES string of the molecule is O=C(Cc1c[nH]c2ccccc12)OCC(=O)N1CCN(c2ncccn2)CC1. The number of aromatic nitrogens is 3. The van der Waals surface area contributed by atoms with Crippen LogP contribution in [0.25, 0.3) is 10.9 Å². The van der Waals surface area contributed by atoms with Crippen molar-refractivity contribution in [3.05, 3.63) is 54.5 Å². The minimum atomic E-state index is -0.408. The van der Waals surface area contributed by atoms with Crippen molar-refractivity contribution in [2.75, 3.05) is 37.7 Å². The molecule has 1 aromatic carbocycles. The molecule has 28 heavy (non-hydrogen) atoms. The number of amides is 1. The van der Waals surface area contributed by atoms with Crippen LogP contribution in [-0.4, -0.2) is 64.5 Å². The summed E-state index contributed by atoms with van der Waals surface area (Å²) in [6, 6.07) is 9.54. The maximum absolute atomic E-state index is 12.4. The number of rotatable bonds is 5. The fourth-order valence-electron chi connectivity index (χ4n) is 3.33. The van der Waals surface area contributed by atoms with Crippen molar-refractivity contribution < 1.29 is 14.3 Å². The van der Waals surface area contributed by atoms with Crippen molar-refractivity contribution >= 4 is 28.7 Å². The zero-order chi connectivity index (χ0) is 19.3. The summed E-state index contributed by atoms with van der Waals surface area (Å²) in [4.78, 5) is 39.8. The van der Waals surface area contributed by atoms with Gasteiger partial charge in [-0.2, -0.15) is 0 Å². The van der Waals surface area contributed by atoms with E-state index in [0.29, 0.717) is 32.1 Å². The van der Waals surface area contributed by atoms with Gasteiger partial charge in [0.25, 0.3) is 5.91 Å². The lowest BCUT2D eigenvalue weighted by molar-refractivity contribution is -0.151. The number of hydrogen-bond donors (Lipinski definition) is 1. The Bertz CT molecular complexity index is 964. The highest BCUT2D eigenvalue weighted by Gasteiger charge is 2.23. The van der Waals surface area contributed by atoms with E-state index in [4.69, 9.17) is 4.74 Å². The molecule has 1 amide bonds. The number of anilines is 1. The van der Waals surface area contributed by atoms with E-state index in [1.807, 2.05) is 29.2 Å². The third-order valence-corrected chi connectivity index (χ3v) is 4.83. The fourth-order valence-corrected chi connectivity index (χ4v) is 3.33. The molecule has 0 spiro atoms. The molecular formula is C20H21N5O3. The third kappa shape index (κ3) is 3.95. The minimum Gasteiger partial charge on any atom is -0.455 e. The highest BCUT2D eigenvalue weighted by molar-refractivity contribution is 5.88. The second kappa shape index (κ2) is 8.08. The van der Waals surface area contributed by atoms with Gasteiger partial charge in [0, 0.05) is 55.7 Å². The molecule has 4 rings (SSSR count). The lowest BCUT2D eigenvalue weighted by Gasteiger charge is -2.34. The standard InChI is InChI=1S/C20H21N5O3/c26-18(24-8-10-25(11-9-24)20-21-6-3-7-22-20)14-28-19(27)12-15-13-23-17-5-2-1-4-16(15)17/h1-7,13,23H,8-12,14H2. The highest BCUT2D eigenvalue weighted by Crippen LogP contribution is 2.18. The number of hydrogen-bond acceptors (Lipinski definition) is 6. The number of nitrogens with zero attached hydrogens (tertiary/aromatic N) is 4. The van der Waals surface area contributed by atoms with Gasteiger partial charge >= 0.3 is 5.97 Å². The van der Waals surface area contributed by atoms with Crippen LogP contribution < -0.4 is 4.90 Å². The first-order valence-corrected chi connectivity index (χ1v) is 9.21. The van der Waals surface area contributed by atoms with Gasteiger partial charge in [-0.1, -0.05) is 18.2 Å². The maximum atomic E-state index is 12.4. The van der Waals surface area contributed by atoms with Crippen LogP contribution in [-0.2, 0) is 20.7 Å². The highest BCUT2D eigenvalue weighted by atomic mass is 16.5. The van der Waals surface area contributed by atoms with Crippen molar-refractivity contribution in [1.82, 2.24) is 19.9 Å². The van der Waals surface area contributed by atoms with E-state index in [1.54, 1.807) is 29.6 Å². The molecule has 1 aliphatic heterocycles. The second-order valence-electron chi connectivity index (χ2n) is 6.61. The van der Waals surface area contributed by atoms with Gasteiger partial charge in [0.05, 0.1) is 6.42 Å². The summed E-state index contributed by atoms with van der Waals surface area (Å²) < 4.78 is 5.21. The second-order valence-corrected chi connectivity index (χ2v) is 6.61. The molecule has 0 unspecified atom stereocenters. The van der Waals surface area contributed by atoms with Crippen LogP contribution in [0.3, 0.4) is 0 Å². The first-order chi connectivity index (χ1) is 13.7. The van der Waals surface area contributed by atoms with Crippen molar-refractivity contribution in [3.8, 4) is 0 Å². The van der Waals surface area contributed by atoms with Crippen molar-refractivity contribution in [1.29, 1.82) is 0 Å². The van der Waals surface area contributed by atoms with Crippen LogP contribution in [0.1, 0.15) is 5.56 Å². The van der Waals surface area contributed by atoms with Gasteiger partial charge in [0.2, 0.25) is 5.95 Å². The van der Waals surface area contributed by atoms with Crippen LogP contribution in [0.2, 0.25) is 0 Å². The smallest absolute Gasteiger partial charge is 0.310 e. The Morgan fingerprint density at radius 3 is 2.57 bits per heavy atom. The summed E-state index contributed by atoms with van der Waals surface area (Å²) in [5.74, 6) is 0.0788. The average Bonchev–Trinajstić information content (AvgIpc) is 3.15. The number of piperazine rings is 1. The van der Waals surface area contributed by atoms with E-state index in [2.05, 4.69) is 15.0 Å². The van der Waals surface area contributed by atoms with Crippen molar-refractivity contribution in [2.24, 2.45) is 0 Å². The van der Waals surface area contributed by atoms with Gasteiger partial charge in [-0.05, 0) is 17.7 Å². The summed E-state index contributed by atoms with van der Waals surface area (Å²) in [5, 5.41) is 0.991. The molecule has 0 saturated carbocycles. The number of carbonyl (C=O) groups is 2. The molecule has 8 nitrogen and oxygen atoms in total. The van der Waals surface area contributed by atoms with Crippen LogP contribution in [0.4, 0.5) is 5.95 Å². The molecule has 2 aromatic heterocycles. The predicted molar refractivity (Wildman–Crippen MR) is 104 cm³/mol. The molecule has 0 radical (unpaired) electrons. The number of carbonyl (C=O) groups excluding carboxylic acids is 2. The third-order valence-electron chi connectivity index (χ3n) is 4.83.